The van der Waals surface area contributed by atoms with Gasteiger partial charge in [0.1, 0.15) is 5.76 Å². The molecule has 0 saturated heterocycles. The lowest BCUT2D eigenvalue weighted by Crippen LogP contribution is -2.30. The highest BCUT2D eigenvalue weighted by Crippen LogP contribution is 2.20. The second-order valence-electron chi connectivity index (χ2n) is 8.01. The van der Waals surface area contributed by atoms with E-state index in [2.05, 4.69) is 5.32 Å². The molecular weight excluding hydrogens is 364 g/mol. The molecule has 0 aliphatic heterocycles. The Balaban J connectivity index is 1.83. The molecule has 0 bridgehead atoms. The van der Waals surface area contributed by atoms with Gasteiger partial charge in [-0.3, -0.25) is 9.59 Å². The highest BCUT2D eigenvalue weighted by atomic mass is 16.3. The van der Waals surface area contributed by atoms with E-state index in [9.17, 15) is 9.59 Å². The number of hydrogen-bond acceptors (Lipinski definition) is 3. The summed E-state index contributed by atoms with van der Waals surface area (Å²) in [5.74, 6) is 0.488. The average molecular weight is 390 g/mol. The van der Waals surface area contributed by atoms with Crippen LogP contribution in [0.4, 0.5) is 5.69 Å². The molecule has 0 saturated carbocycles. The Morgan fingerprint density at radius 3 is 2.34 bits per heavy atom. The fourth-order valence-corrected chi connectivity index (χ4v) is 2.83. The molecule has 0 spiro atoms. The third-order valence-corrected chi connectivity index (χ3v) is 4.48. The van der Waals surface area contributed by atoms with Crippen LogP contribution in [-0.2, 0) is 17.9 Å². The third-order valence-electron chi connectivity index (χ3n) is 4.48. The van der Waals surface area contributed by atoms with E-state index in [1.165, 1.54) is 0 Å². The number of rotatable bonds is 6. The zero-order chi connectivity index (χ0) is 20.9. The van der Waals surface area contributed by atoms with Crippen molar-refractivity contribution in [3.8, 4) is 0 Å². The van der Waals surface area contributed by atoms with Gasteiger partial charge in [0.2, 0.25) is 5.91 Å². The highest BCUT2D eigenvalue weighted by molar-refractivity contribution is 5.98. The van der Waals surface area contributed by atoms with Crippen LogP contribution in [0.1, 0.15) is 42.5 Å². The molecule has 0 radical (unpaired) electrons. The molecule has 2 aromatic carbocycles. The van der Waals surface area contributed by atoms with Crippen LogP contribution in [0.25, 0.3) is 0 Å². The minimum atomic E-state index is -0.515. The van der Waals surface area contributed by atoms with Gasteiger partial charge in [-0.05, 0) is 35.9 Å². The monoisotopic (exact) mass is 390 g/mol. The van der Waals surface area contributed by atoms with Gasteiger partial charge in [0, 0.05) is 23.2 Å². The molecule has 0 aliphatic carbocycles. The van der Waals surface area contributed by atoms with Crippen LogP contribution in [0.2, 0.25) is 0 Å². The summed E-state index contributed by atoms with van der Waals surface area (Å²) in [7, 11) is 0. The van der Waals surface area contributed by atoms with E-state index in [-0.39, 0.29) is 11.8 Å². The molecule has 3 aromatic rings. The number of carbonyl (C=O) groups excluding carboxylic acids is 2. The summed E-state index contributed by atoms with van der Waals surface area (Å²) in [6.07, 6.45) is 1.60. The first-order valence-electron chi connectivity index (χ1n) is 9.60. The number of anilines is 1. The van der Waals surface area contributed by atoms with E-state index in [1.54, 1.807) is 35.4 Å². The van der Waals surface area contributed by atoms with Gasteiger partial charge in [-0.15, -0.1) is 0 Å². The largest absolute Gasteiger partial charge is 0.467 e. The fraction of sp³-hybridized carbons (Fsp3) is 0.250. The predicted octanol–water partition coefficient (Wildman–Crippen LogP) is 5.11. The maximum Gasteiger partial charge on any atom is 0.254 e. The van der Waals surface area contributed by atoms with E-state index in [0.29, 0.717) is 30.1 Å². The van der Waals surface area contributed by atoms with E-state index in [4.69, 9.17) is 4.42 Å². The van der Waals surface area contributed by atoms with Crippen molar-refractivity contribution in [2.75, 3.05) is 5.32 Å². The molecule has 1 aromatic heterocycles. The van der Waals surface area contributed by atoms with Crippen LogP contribution < -0.4 is 5.32 Å². The van der Waals surface area contributed by atoms with Gasteiger partial charge in [0.05, 0.1) is 12.8 Å². The molecule has 0 unspecified atom stereocenters. The highest BCUT2D eigenvalue weighted by Gasteiger charge is 2.22. The fourth-order valence-electron chi connectivity index (χ4n) is 2.83. The first kappa shape index (κ1) is 20.4. The van der Waals surface area contributed by atoms with Gasteiger partial charge in [-0.1, -0.05) is 57.2 Å². The van der Waals surface area contributed by atoms with Crippen molar-refractivity contribution >= 4 is 17.5 Å². The predicted molar refractivity (Wildman–Crippen MR) is 113 cm³/mol. The lowest BCUT2D eigenvalue weighted by molar-refractivity contribution is -0.123. The second-order valence-corrected chi connectivity index (χ2v) is 8.01. The quantitative estimate of drug-likeness (QED) is 0.636. The summed E-state index contributed by atoms with van der Waals surface area (Å²) in [6.45, 7) is 6.37. The molecule has 29 heavy (non-hydrogen) atoms. The minimum absolute atomic E-state index is 0.0983. The number of benzene rings is 2. The Morgan fingerprint density at radius 2 is 1.69 bits per heavy atom. The standard InChI is InChI=1S/C24H26N2O3/c1-24(2,3)23(28)25-20-12-7-11-19(15-20)22(27)26(17-21-13-8-14-29-21)16-18-9-5-4-6-10-18/h4-15H,16-17H2,1-3H3,(H,25,28). The molecule has 0 atom stereocenters. The summed E-state index contributed by atoms with van der Waals surface area (Å²) >= 11 is 0. The summed E-state index contributed by atoms with van der Waals surface area (Å²) < 4.78 is 5.45. The van der Waals surface area contributed by atoms with Crippen LogP contribution in [0, 0.1) is 5.41 Å². The number of hydrogen-bond donors (Lipinski definition) is 1. The van der Waals surface area contributed by atoms with Gasteiger partial charge in [-0.2, -0.15) is 0 Å². The van der Waals surface area contributed by atoms with Gasteiger partial charge in [0.25, 0.3) is 5.91 Å². The molecular formula is C24H26N2O3. The maximum atomic E-state index is 13.3. The Bertz CT molecular complexity index is 957. The number of nitrogens with one attached hydrogen (secondary N) is 1. The minimum Gasteiger partial charge on any atom is -0.467 e. The van der Waals surface area contributed by atoms with Crippen molar-refractivity contribution < 1.29 is 14.0 Å². The smallest absolute Gasteiger partial charge is 0.254 e. The molecule has 1 N–H and O–H groups in total. The van der Waals surface area contributed by atoms with E-state index >= 15 is 0 Å². The maximum absolute atomic E-state index is 13.3. The zero-order valence-electron chi connectivity index (χ0n) is 17.0. The molecule has 5 nitrogen and oxygen atoms in total. The van der Waals surface area contributed by atoms with Crippen molar-refractivity contribution in [2.24, 2.45) is 5.41 Å². The van der Waals surface area contributed by atoms with Crippen molar-refractivity contribution in [1.82, 2.24) is 4.90 Å². The van der Waals surface area contributed by atoms with Gasteiger partial charge < -0.3 is 14.6 Å². The Hall–Kier alpha value is -3.34. The number of nitrogens with zero attached hydrogens (tertiary/aromatic N) is 1. The summed E-state index contributed by atoms with van der Waals surface area (Å²) in [5.41, 5.74) is 1.63. The molecule has 1 heterocycles. The van der Waals surface area contributed by atoms with Crippen molar-refractivity contribution in [3.63, 3.8) is 0 Å². The van der Waals surface area contributed by atoms with Crippen molar-refractivity contribution in [3.05, 3.63) is 89.9 Å². The Morgan fingerprint density at radius 1 is 0.931 bits per heavy atom. The second kappa shape index (κ2) is 8.78. The van der Waals surface area contributed by atoms with E-state index in [1.807, 2.05) is 63.2 Å². The van der Waals surface area contributed by atoms with Crippen molar-refractivity contribution in [2.45, 2.75) is 33.9 Å². The number of furan rings is 1. The van der Waals surface area contributed by atoms with E-state index in [0.717, 1.165) is 5.56 Å². The van der Waals surface area contributed by atoms with Crippen LogP contribution in [-0.4, -0.2) is 16.7 Å². The summed E-state index contributed by atoms with van der Waals surface area (Å²) in [6, 6.07) is 20.5. The van der Waals surface area contributed by atoms with Gasteiger partial charge in [-0.25, -0.2) is 0 Å². The van der Waals surface area contributed by atoms with Crippen LogP contribution >= 0.6 is 0 Å². The Labute approximate surface area is 171 Å². The summed E-state index contributed by atoms with van der Waals surface area (Å²) in [4.78, 5) is 27.3. The SMILES string of the molecule is CC(C)(C)C(=O)Nc1cccc(C(=O)N(Cc2ccccc2)Cc2ccco2)c1. The Kier molecular flexibility index (Phi) is 6.17. The molecule has 0 fully saturated rings. The van der Waals surface area contributed by atoms with Crippen LogP contribution in [0.5, 0.6) is 0 Å². The first-order valence-corrected chi connectivity index (χ1v) is 9.60. The molecule has 3 rings (SSSR count). The summed E-state index contributed by atoms with van der Waals surface area (Å²) in [5, 5.41) is 2.88. The molecule has 150 valence electrons. The van der Waals surface area contributed by atoms with E-state index < -0.39 is 5.41 Å². The lowest BCUT2D eigenvalue weighted by Gasteiger charge is -2.23. The molecule has 5 heteroatoms. The van der Waals surface area contributed by atoms with Gasteiger partial charge in [0.15, 0.2) is 0 Å². The molecule has 0 aliphatic rings. The van der Waals surface area contributed by atoms with Crippen molar-refractivity contribution in [1.29, 1.82) is 0 Å². The zero-order valence-corrected chi connectivity index (χ0v) is 17.0. The lowest BCUT2D eigenvalue weighted by atomic mass is 9.95. The third kappa shape index (κ3) is 5.57. The normalized spacial score (nSPS) is 11.1. The number of carbonyl (C=O) groups is 2. The van der Waals surface area contributed by atoms with Crippen LogP contribution in [0.15, 0.2) is 77.4 Å². The van der Waals surface area contributed by atoms with Crippen LogP contribution in [0.3, 0.4) is 0 Å². The molecule has 2 amide bonds. The first-order chi connectivity index (χ1) is 13.8. The topological polar surface area (TPSA) is 62.6 Å². The number of amides is 2. The van der Waals surface area contributed by atoms with Gasteiger partial charge >= 0.3 is 0 Å². The average Bonchev–Trinajstić information content (AvgIpc) is 3.20.